The molecule has 2 aromatic carbocycles. The van der Waals surface area contributed by atoms with Crippen molar-refractivity contribution in [1.29, 1.82) is 0 Å². The molecule has 4 N–H and O–H groups in total. The van der Waals surface area contributed by atoms with Gasteiger partial charge in [0.25, 0.3) is 0 Å². The summed E-state index contributed by atoms with van der Waals surface area (Å²) in [4.78, 5) is 0. The second-order valence-corrected chi connectivity index (χ2v) is 8.25. The number of hydrogen-bond donors (Lipinski definition) is 3. The summed E-state index contributed by atoms with van der Waals surface area (Å²) in [6, 6.07) is 16.0. The molecule has 2 aromatic rings. The van der Waals surface area contributed by atoms with E-state index in [1.807, 2.05) is 43.3 Å². The van der Waals surface area contributed by atoms with Crippen molar-refractivity contribution in [2.24, 2.45) is 17.6 Å². The molecule has 0 amide bonds. The molecule has 0 aromatic heterocycles. The molecule has 7 heteroatoms. The van der Waals surface area contributed by atoms with Gasteiger partial charge in [-0.05, 0) is 66.6 Å². The van der Waals surface area contributed by atoms with Crippen LogP contribution in [0, 0.1) is 11.8 Å². The van der Waals surface area contributed by atoms with Gasteiger partial charge in [0.1, 0.15) is 0 Å². The SMILES string of the molecule is CC(CCC1CNc2ccc(C(F)(F)F)cc2C1C)CNC(N)=S.c1ccccc1. The molecule has 1 aliphatic rings. The number of thiocarbonyl (C=S) groups is 1. The maximum atomic E-state index is 12.9. The Labute approximate surface area is 182 Å². The lowest BCUT2D eigenvalue weighted by atomic mass is 9.79. The molecule has 3 nitrogen and oxygen atoms in total. The third-order valence-electron chi connectivity index (χ3n) is 5.45. The molecule has 3 atom stereocenters. The van der Waals surface area contributed by atoms with Crippen molar-refractivity contribution in [2.75, 3.05) is 18.4 Å². The predicted molar refractivity (Wildman–Crippen MR) is 121 cm³/mol. The van der Waals surface area contributed by atoms with Crippen LogP contribution in [-0.2, 0) is 6.18 Å². The van der Waals surface area contributed by atoms with E-state index in [1.165, 1.54) is 6.07 Å². The highest BCUT2D eigenvalue weighted by atomic mass is 32.1. The van der Waals surface area contributed by atoms with E-state index in [4.69, 9.17) is 18.0 Å². The lowest BCUT2D eigenvalue weighted by molar-refractivity contribution is -0.137. The van der Waals surface area contributed by atoms with Crippen molar-refractivity contribution in [2.45, 2.75) is 38.8 Å². The van der Waals surface area contributed by atoms with Gasteiger partial charge in [0.2, 0.25) is 0 Å². The fourth-order valence-electron chi connectivity index (χ4n) is 3.56. The van der Waals surface area contributed by atoms with Crippen LogP contribution in [0.5, 0.6) is 0 Å². The number of hydrogen-bond acceptors (Lipinski definition) is 2. The molecular formula is C23H30F3N3S. The first-order valence-corrected chi connectivity index (χ1v) is 10.6. The summed E-state index contributed by atoms with van der Waals surface area (Å²) < 4.78 is 38.8. The smallest absolute Gasteiger partial charge is 0.385 e. The van der Waals surface area contributed by atoms with E-state index in [2.05, 4.69) is 17.6 Å². The van der Waals surface area contributed by atoms with Crippen LogP contribution in [-0.4, -0.2) is 18.2 Å². The molecule has 3 unspecified atom stereocenters. The van der Waals surface area contributed by atoms with Crippen LogP contribution in [0.2, 0.25) is 0 Å². The minimum absolute atomic E-state index is 0.0966. The van der Waals surface area contributed by atoms with Gasteiger partial charge >= 0.3 is 6.18 Å². The van der Waals surface area contributed by atoms with E-state index in [0.717, 1.165) is 43.2 Å². The van der Waals surface area contributed by atoms with Crippen molar-refractivity contribution in [3.8, 4) is 0 Å². The number of rotatable bonds is 5. The Morgan fingerprint density at radius 1 is 1.20 bits per heavy atom. The average molecular weight is 438 g/mol. The minimum Gasteiger partial charge on any atom is -0.385 e. The lowest BCUT2D eigenvalue weighted by Gasteiger charge is -2.33. The van der Waals surface area contributed by atoms with E-state index in [-0.39, 0.29) is 5.92 Å². The van der Waals surface area contributed by atoms with Crippen LogP contribution in [0.1, 0.15) is 43.7 Å². The second kappa shape index (κ2) is 11.2. The quantitative estimate of drug-likeness (QED) is 0.519. The number of halogens is 3. The number of nitrogens with two attached hydrogens (primary N) is 1. The zero-order valence-electron chi connectivity index (χ0n) is 17.4. The molecule has 0 spiro atoms. The van der Waals surface area contributed by atoms with Crippen LogP contribution in [0.3, 0.4) is 0 Å². The van der Waals surface area contributed by atoms with Gasteiger partial charge in [-0.2, -0.15) is 13.2 Å². The van der Waals surface area contributed by atoms with Gasteiger partial charge in [0, 0.05) is 18.8 Å². The monoisotopic (exact) mass is 437 g/mol. The number of anilines is 1. The Kier molecular flexibility index (Phi) is 8.96. The molecule has 1 heterocycles. The summed E-state index contributed by atoms with van der Waals surface area (Å²) in [5.74, 6) is 0.814. The molecule has 0 saturated heterocycles. The van der Waals surface area contributed by atoms with Crippen LogP contribution < -0.4 is 16.4 Å². The minimum atomic E-state index is -4.30. The Morgan fingerprint density at radius 2 is 1.80 bits per heavy atom. The van der Waals surface area contributed by atoms with Crippen molar-refractivity contribution in [1.82, 2.24) is 5.32 Å². The maximum absolute atomic E-state index is 12.9. The highest BCUT2D eigenvalue weighted by molar-refractivity contribution is 7.80. The van der Waals surface area contributed by atoms with Crippen molar-refractivity contribution < 1.29 is 13.2 Å². The van der Waals surface area contributed by atoms with E-state index in [1.54, 1.807) is 6.07 Å². The van der Waals surface area contributed by atoms with Crippen LogP contribution in [0.15, 0.2) is 54.6 Å². The molecule has 1 aliphatic heterocycles. The van der Waals surface area contributed by atoms with E-state index in [0.29, 0.717) is 16.9 Å². The van der Waals surface area contributed by atoms with Crippen LogP contribution >= 0.6 is 12.2 Å². The van der Waals surface area contributed by atoms with E-state index >= 15 is 0 Å². The lowest BCUT2D eigenvalue weighted by Crippen LogP contribution is -2.33. The van der Waals surface area contributed by atoms with Gasteiger partial charge < -0.3 is 16.4 Å². The first kappa shape index (κ1) is 24.0. The molecule has 0 aliphatic carbocycles. The zero-order valence-corrected chi connectivity index (χ0v) is 18.2. The first-order chi connectivity index (χ1) is 14.2. The Bertz CT molecular complexity index is 769. The average Bonchev–Trinajstić information content (AvgIpc) is 2.72. The molecule has 0 bridgehead atoms. The number of nitrogens with one attached hydrogen (secondary N) is 2. The highest BCUT2D eigenvalue weighted by Gasteiger charge is 2.33. The van der Waals surface area contributed by atoms with Gasteiger partial charge in [-0.1, -0.05) is 50.2 Å². The fourth-order valence-corrected chi connectivity index (χ4v) is 3.64. The molecule has 0 saturated carbocycles. The van der Waals surface area contributed by atoms with Crippen molar-refractivity contribution >= 4 is 23.0 Å². The largest absolute Gasteiger partial charge is 0.416 e. The summed E-state index contributed by atoms with van der Waals surface area (Å²) in [5, 5.41) is 6.52. The van der Waals surface area contributed by atoms with Crippen molar-refractivity contribution in [3.63, 3.8) is 0 Å². The summed E-state index contributed by atoms with van der Waals surface area (Å²) in [5.41, 5.74) is 6.42. The number of fused-ring (bicyclic) bond motifs is 1. The molecule has 0 radical (unpaired) electrons. The number of alkyl halides is 3. The topological polar surface area (TPSA) is 50.1 Å². The highest BCUT2D eigenvalue weighted by Crippen LogP contribution is 2.40. The Morgan fingerprint density at radius 3 is 2.33 bits per heavy atom. The molecule has 30 heavy (non-hydrogen) atoms. The predicted octanol–water partition coefficient (Wildman–Crippen LogP) is 5.79. The maximum Gasteiger partial charge on any atom is 0.416 e. The van der Waals surface area contributed by atoms with Gasteiger partial charge in [-0.25, -0.2) is 0 Å². The Hall–Kier alpha value is -2.28. The third kappa shape index (κ3) is 7.52. The third-order valence-corrected chi connectivity index (χ3v) is 5.60. The van der Waals surface area contributed by atoms with Crippen LogP contribution in [0.25, 0.3) is 0 Å². The second-order valence-electron chi connectivity index (χ2n) is 7.81. The number of benzene rings is 2. The Balaban J connectivity index is 0.000000456. The normalized spacial score (nSPS) is 18.8. The van der Waals surface area contributed by atoms with Crippen molar-refractivity contribution in [3.05, 3.63) is 65.7 Å². The summed E-state index contributed by atoms with van der Waals surface area (Å²) in [6.07, 6.45) is -2.38. The van der Waals surface area contributed by atoms with Gasteiger partial charge in [0.15, 0.2) is 5.11 Å². The summed E-state index contributed by atoms with van der Waals surface area (Å²) in [7, 11) is 0. The van der Waals surface area contributed by atoms with Gasteiger partial charge in [-0.3, -0.25) is 0 Å². The van der Waals surface area contributed by atoms with Gasteiger partial charge in [-0.15, -0.1) is 0 Å². The molecule has 164 valence electrons. The summed E-state index contributed by atoms with van der Waals surface area (Å²) >= 11 is 4.79. The zero-order chi connectivity index (χ0) is 22.1. The standard InChI is InChI=1S/C17H24F3N3S.C6H6/c1-10(8-23-16(21)24)3-4-12-9-22-15-6-5-13(17(18,19)20)7-14(15)11(12)2;1-2-4-6-5-3-1/h5-7,10-12,22H,3-4,8-9H2,1-2H3,(H3,21,23,24);1-6H. The molecule has 0 fully saturated rings. The van der Waals surface area contributed by atoms with E-state index < -0.39 is 11.7 Å². The summed E-state index contributed by atoms with van der Waals surface area (Å²) in [6.45, 7) is 5.64. The first-order valence-electron chi connectivity index (χ1n) is 10.2. The fraction of sp³-hybridized carbons (Fsp3) is 0.435. The van der Waals surface area contributed by atoms with E-state index in [9.17, 15) is 13.2 Å². The molecule has 3 rings (SSSR count). The van der Waals surface area contributed by atoms with Gasteiger partial charge in [0.05, 0.1) is 5.56 Å². The van der Waals surface area contributed by atoms with Crippen LogP contribution in [0.4, 0.5) is 18.9 Å². The molecular weight excluding hydrogens is 407 g/mol.